The summed E-state index contributed by atoms with van der Waals surface area (Å²) in [7, 11) is 0. The van der Waals surface area contributed by atoms with Crippen molar-refractivity contribution in [2.45, 2.75) is 25.9 Å². The standard InChI is InChI=1S/C20H17FN2O3/c1-12-7-14-8-13(5-6-18(14)25-12)19-10-17(23-26-19)11-20(24)22-16-4-2-3-15(21)9-16/h2-6,8-10,12H,7,11H2,1H3,(H,22,24). The average molecular weight is 352 g/mol. The zero-order valence-corrected chi connectivity index (χ0v) is 14.2. The Morgan fingerprint density at radius 1 is 1.27 bits per heavy atom. The van der Waals surface area contributed by atoms with Gasteiger partial charge in [0.15, 0.2) is 5.76 Å². The Morgan fingerprint density at radius 3 is 3.00 bits per heavy atom. The SMILES string of the molecule is CC1Cc2cc(-c3cc(CC(=O)Nc4cccc(F)c4)no3)ccc2O1. The molecule has 0 aliphatic carbocycles. The van der Waals surface area contributed by atoms with E-state index in [0.29, 0.717) is 17.1 Å². The van der Waals surface area contributed by atoms with Crippen molar-refractivity contribution in [3.63, 3.8) is 0 Å². The van der Waals surface area contributed by atoms with Crippen LogP contribution in [0.5, 0.6) is 5.75 Å². The number of rotatable bonds is 4. The third kappa shape index (κ3) is 3.44. The summed E-state index contributed by atoms with van der Waals surface area (Å²) in [5, 5.41) is 6.60. The van der Waals surface area contributed by atoms with Crippen LogP contribution in [0.2, 0.25) is 0 Å². The summed E-state index contributed by atoms with van der Waals surface area (Å²) in [6.07, 6.45) is 1.09. The highest BCUT2D eigenvalue weighted by molar-refractivity contribution is 5.92. The highest BCUT2D eigenvalue weighted by atomic mass is 19.1. The smallest absolute Gasteiger partial charge is 0.230 e. The van der Waals surface area contributed by atoms with Crippen molar-refractivity contribution in [1.82, 2.24) is 5.16 Å². The van der Waals surface area contributed by atoms with Crippen LogP contribution in [0, 0.1) is 5.82 Å². The van der Waals surface area contributed by atoms with Gasteiger partial charge in [-0.1, -0.05) is 11.2 Å². The first-order chi connectivity index (χ1) is 12.6. The molecule has 1 atom stereocenters. The Hall–Kier alpha value is -3.15. The summed E-state index contributed by atoms with van der Waals surface area (Å²) < 4.78 is 24.2. The predicted octanol–water partition coefficient (Wildman–Crippen LogP) is 3.99. The number of anilines is 1. The van der Waals surface area contributed by atoms with E-state index in [1.165, 1.54) is 18.2 Å². The average Bonchev–Trinajstić information content (AvgIpc) is 3.19. The van der Waals surface area contributed by atoms with E-state index in [4.69, 9.17) is 9.26 Å². The lowest BCUT2D eigenvalue weighted by atomic mass is 10.1. The fourth-order valence-corrected chi connectivity index (χ4v) is 3.04. The number of hydrogen-bond acceptors (Lipinski definition) is 4. The van der Waals surface area contributed by atoms with Gasteiger partial charge in [-0.15, -0.1) is 0 Å². The molecule has 5 nitrogen and oxygen atoms in total. The van der Waals surface area contributed by atoms with E-state index in [1.54, 1.807) is 12.1 Å². The quantitative estimate of drug-likeness (QED) is 0.771. The molecule has 1 aliphatic heterocycles. The number of nitrogens with one attached hydrogen (secondary N) is 1. The highest BCUT2D eigenvalue weighted by Crippen LogP contribution is 2.33. The Bertz CT molecular complexity index is 967. The minimum Gasteiger partial charge on any atom is -0.490 e. The van der Waals surface area contributed by atoms with E-state index in [9.17, 15) is 9.18 Å². The van der Waals surface area contributed by atoms with E-state index in [2.05, 4.69) is 10.5 Å². The van der Waals surface area contributed by atoms with Crippen LogP contribution in [0.1, 0.15) is 18.2 Å². The number of benzene rings is 2. The van der Waals surface area contributed by atoms with Crippen LogP contribution in [-0.4, -0.2) is 17.2 Å². The van der Waals surface area contributed by atoms with E-state index in [1.807, 2.05) is 25.1 Å². The first-order valence-corrected chi connectivity index (χ1v) is 8.38. The monoisotopic (exact) mass is 352 g/mol. The molecule has 0 saturated carbocycles. The molecule has 0 radical (unpaired) electrons. The van der Waals surface area contributed by atoms with E-state index in [0.717, 1.165) is 23.3 Å². The van der Waals surface area contributed by atoms with Gasteiger partial charge in [-0.2, -0.15) is 0 Å². The summed E-state index contributed by atoms with van der Waals surface area (Å²) in [6.45, 7) is 2.03. The van der Waals surface area contributed by atoms with Gasteiger partial charge in [0.2, 0.25) is 5.91 Å². The van der Waals surface area contributed by atoms with Gasteiger partial charge in [0.25, 0.3) is 0 Å². The zero-order chi connectivity index (χ0) is 18.1. The van der Waals surface area contributed by atoms with Gasteiger partial charge in [-0.3, -0.25) is 4.79 Å². The Kier molecular flexibility index (Phi) is 4.16. The topological polar surface area (TPSA) is 64.4 Å². The molecule has 0 saturated heterocycles. The molecule has 0 fully saturated rings. The lowest BCUT2D eigenvalue weighted by molar-refractivity contribution is -0.115. The fraction of sp³-hybridized carbons (Fsp3) is 0.200. The molecule has 0 bridgehead atoms. The number of halogens is 1. The zero-order valence-electron chi connectivity index (χ0n) is 14.2. The molecule has 2 aromatic carbocycles. The Morgan fingerprint density at radius 2 is 2.15 bits per heavy atom. The van der Waals surface area contributed by atoms with E-state index >= 15 is 0 Å². The number of fused-ring (bicyclic) bond motifs is 1. The normalized spacial score (nSPS) is 15.4. The van der Waals surface area contributed by atoms with Crippen LogP contribution in [-0.2, 0) is 17.6 Å². The van der Waals surface area contributed by atoms with Crippen LogP contribution in [0.4, 0.5) is 10.1 Å². The van der Waals surface area contributed by atoms with E-state index in [-0.39, 0.29) is 18.4 Å². The molecule has 26 heavy (non-hydrogen) atoms. The van der Waals surface area contributed by atoms with Gasteiger partial charge in [-0.25, -0.2) is 4.39 Å². The van der Waals surface area contributed by atoms with Crippen molar-refractivity contribution < 1.29 is 18.4 Å². The van der Waals surface area contributed by atoms with Gasteiger partial charge < -0.3 is 14.6 Å². The molecule has 1 amide bonds. The Balaban J connectivity index is 1.45. The Labute approximate surface area is 149 Å². The van der Waals surface area contributed by atoms with Gasteiger partial charge in [0.1, 0.15) is 17.7 Å². The molecule has 2 heterocycles. The molecule has 1 aliphatic rings. The first kappa shape index (κ1) is 16.3. The molecule has 0 spiro atoms. The lowest BCUT2D eigenvalue weighted by Crippen LogP contribution is -2.14. The summed E-state index contributed by atoms with van der Waals surface area (Å²) in [6, 6.07) is 13.4. The van der Waals surface area contributed by atoms with Crippen molar-refractivity contribution in [1.29, 1.82) is 0 Å². The third-order valence-corrected chi connectivity index (χ3v) is 4.19. The van der Waals surface area contributed by atoms with Crippen molar-refractivity contribution in [3.05, 3.63) is 65.6 Å². The molecule has 1 N–H and O–H groups in total. The minimum absolute atomic E-state index is 0.0467. The maximum atomic E-state index is 13.2. The van der Waals surface area contributed by atoms with Crippen molar-refractivity contribution in [2.75, 3.05) is 5.32 Å². The number of nitrogens with zero attached hydrogens (tertiary/aromatic N) is 1. The van der Waals surface area contributed by atoms with Crippen LogP contribution in [0.25, 0.3) is 11.3 Å². The highest BCUT2D eigenvalue weighted by Gasteiger charge is 2.20. The van der Waals surface area contributed by atoms with Crippen molar-refractivity contribution in [2.24, 2.45) is 0 Å². The minimum atomic E-state index is -0.401. The second-order valence-corrected chi connectivity index (χ2v) is 6.37. The van der Waals surface area contributed by atoms with Gasteiger partial charge in [0.05, 0.1) is 12.1 Å². The maximum absolute atomic E-state index is 13.2. The van der Waals surface area contributed by atoms with Gasteiger partial charge in [0, 0.05) is 23.7 Å². The number of ether oxygens (including phenoxy) is 1. The first-order valence-electron chi connectivity index (χ1n) is 8.38. The molecule has 1 aromatic heterocycles. The van der Waals surface area contributed by atoms with Gasteiger partial charge in [-0.05, 0) is 48.9 Å². The molecular weight excluding hydrogens is 335 g/mol. The number of hydrogen-bond donors (Lipinski definition) is 1. The summed E-state index contributed by atoms with van der Waals surface area (Å²) in [5.74, 6) is 0.810. The number of aromatic nitrogens is 1. The number of amides is 1. The van der Waals surface area contributed by atoms with Crippen LogP contribution in [0.3, 0.4) is 0 Å². The summed E-state index contributed by atoms with van der Waals surface area (Å²) in [4.78, 5) is 12.1. The molecule has 3 aromatic rings. The second-order valence-electron chi connectivity index (χ2n) is 6.37. The van der Waals surface area contributed by atoms with E-state index < -0.39 is 5.82 Å². The molecule has 1 unspecified atom stereocenters. The number of carbonyl (C=O) groups excluding carboxylic acids is 1. The third-order valence-electron chi connectivity index (χ3n) is 4.19. The van der Waals surface area contributed by atoms with Crippen LogP contribution in [0.15, 0.2) is 53.1 Å². The summed E-state index contributed by atoms with van der Waals surface area (Å²) >= 11 is 0. The molecule has 132 valence electrons. The van der Waals surface area contributed by atoms with Crippen molar-refractivity contribution in [3.8, 4) is 17.1 Å². The number of carbonyl (C=O) groups is 1. The van der Waals surface area contributed by atoms with Crippen LogP contribution >= 0.6 is 0 Å². The molecular formula is C20H17FN2O3. The van der Waals surface area contributed by atoms with Crippen molar-refractivity contribution >= 4 is 11.6 Å². The predicted molar refractivity (Wildman–Crippen MR) is 94.5 cm³/mol. The van der Waals surface area contributed by atoms with Gasteiger partial charge >= 0.3 is 0 Å². The fourth-order valence-electron chi connectivity index (χ4n) is 3.04. The maximum Gasteiger partial charge on any atom is 0.230 e. The second kappa shape index (κ2) is 6.63. The molecule has 4 rings (SSSR count). The lowest BCUT2D eigenvalue weighted by Gasteiger charge is -2.03. The summed E-state index contributed by atoms with van der Waals surface area (Å²) in [5.41, 5.74) is 2.95. The van der Waals surface area contributed by atoms with Crippen LogP contribution < -0.4 is 10.1 Å². The molecule has 6 heteroatoms. The largest absolute Gasteiger partial charge is 0.490 e.